The smallest absolute Gasteiger partial charge is 0.344 e. The van der Waals surface area contributed by atoms with Crippen molar-refractivity contribution in [2.45, 2.75) is 42.6 Å². The molecular formula is C17H22N4O3S. The number of aromatic amines is 1. The molecule has 0 bridgehead atoms. The van der Waals surface area contributed by atoms with E-state index in [9.17, 15) is 9.59 Å². The van der Waals surface area contributed by atoms with E-state index in [-0.39, 0.29) is 22.9 Å². The Labute approximate surface area is 150 Å². The maximum absolute atomic E-state index is 12.3. The number of hydrogen-bond donors (Lipinski definition) is 2. The van der Waals surface area contributed by atoms with E-state index in [4.69, 9.17) is 4.74 Å². The van der Waals surface area contributed by atoms with E-state index in [2.05, 4.69) is 15.5 Å². The molecule has 1 aliphatic carbocycles. The first-order valence-corrected chi connectivity index (χ1v) is 9.20. The molecule has 2 N–H and O–H groups in total. The lowest BCUT2D eigenvalue weighted by Crippen LogP contribution is -2.32. The summed E-state index contributed by atoms with van der Waals surface area (Å²) in [5, 5.41) is 9.72. The van der Waals surface area contributed by atoms with Gasteiger partial charge in [-0.25, -0.2) is 9.89 Å². The van der Waals surface area contributed by atoms with Crippen LogP contribution in [0.15, 0.2) is 34.2 Å². The molecule has 0 spiro atoms. The predicted molar refractivity (Wildman–Crippen MR) is 96.1 cm³/mol. The first-order valence-electron chi connectivity index (χ1n) is 8.32. The van der Waals surface area contributed by atoms with Crippen LogP contribution < -0.4 is 15.7 Å². The quantitative estimate of drug-likeness (QED) is 0.699. The number of H-pyrrole nitrogens is 1. The first kappa shape index (κ1) is 17.6. The number of methoxy groups -OCH3 is 1. The van der Waals surface area contributed by atoms with Gasteiger partial charge in [0, 0.05) is 12.6 Å². The molecule has 1 saturated carbocycles. The van der Waals surface area contributed by atoms with Gasteiger partial charge in [0.25, 0.3) is 0 Å². The van der Waals surface area contributed by atoms with E-state index in [1.165, 1.54) is 11.8 Å². The van der Waals surface area contributed by atoms with E-state index in [1.54, 1.807) is 11.7 Å². The Morgan fingerprint density at radius 2 is 2.16 bits per heavy atom. The fraction of sp³-hybridized carbons (Fsp3) is 0.471. The van der Waals surface area contributed by atoms with Gasteiger partial charge in [-0.1, -0.05) is 23.9 Å². The molecule has 1 atom stereocenters. The van der Waals surface area contributed by atoms with Crippen LogP contribution in [0.25, 0.3) is 0 Å². The molecule has 3 rings (SSSR count). The van der Waals surface area contributed by atoms with Crippen molar-refractivity contribution >= 4 is 17.7 Å². The van der Waals surface area contributed by atoms with Crippen LogP contribution in [0.1, 0.15) is 31.4 Å². The van der Waals surface area contributed by atoms with Crippen LogP contribution in [0.4, 0.5) is 0 Å². The molecule has 8 heteroatoms. The Kier molecular flexibility index (Phi) is 5.47. The van der Waals surface area contributed by atoms with Crippen molar-refractivity contribution in [2.24, 2.45) is 0 Å². The third-order valence-electron chi connectivity index (χ3n) is 4.11. The van der Waals surface area contributed by atoms with Gasteiger partial charge in [0.05, 0.1) is 12.4 Å². The molecule has 134 valence electrons. The number of carbonyl (C=O) groups is 1. The Morgan fingerprint density at radius 3 is 2.80 bits per heavy atom. The summed E-state index contributed by atoms with van der Waals surface area (Å²) in [7, 11) is 1.64. The summed E-state index contributed by atoms with van der Waals surface area (Å²) in [5.74, 6) is 0.759. The SMILES string of the molecule is COc1ccc(CCNC(=O)[C@@H](C)Sc2n[nH]c(=O)n2C2CC2)cc1. The summed E-state index contributed by atoms with van der Waals surface area (Å²) in [6, 6.07) is 8.02. The van der Waals surface area contributed by atoms with Crippen molar-refractivity contribution in [1.29, 1.82) is 0 Å². The van der Waals surface area contributed by atoms with Crippen LogP contribution in [0, 0.1) is 0 Å². The zero-order valence-electron chi connectivity index (χ0n) is 14.3. The number of nitrogens with one attached hydrogen (secondary N) is 2. The highest BCUT2D eigenvalue weighted by Gasteiger charge is 2.30. The highest BCUT2D eigenvalue weighted by atomic mass is 32.2. The summed E-state index contributed by atoms with van der Waals surface area (Å²) in [6.07, 6.45) is 2.74. The second-order valence-corrected chi connectivity index (χ2v) is 7.37. The molecule has 1 aromatic carbocycles. The standard InChI is InChI=1S/C17H22N4O3S/c1-11(25-17-20-19-16(23)21(17)13-5-6-13)15(22)18-10-9-12-3-7-14(24-2)8-4-12/h3-4,7-8,11,13H,5-6,9-10H2,1-2H3,(H,18,22)(H,19,23)/t11-/m1/s1. The van der Waals surface area contributed by atoms with Gasteiger partial charge in [-0.3, -0.25) is 9.36 Å². The number of nitrogens with zero attached hydrogens (tertiary/aromatic N) is 2. The number of aromatic nitrogens is 3. The summed E-state index contributed by atoms with van der Waals surface area (Å²) in [4.78, 5) is 24.0. The zero-order chi connectivity index (χ0) is 17.8. The molecule has 0 aliphatic heterocycles. The number of ether oxygens (including phenoxy) is 1. The van der Waals surface area contributed by atoms with Gasteiger partial charge in [-0.05, 0) is 43.9 Å². The van der Waals surface area contributed by atoms with Gasteiger partial charge in [0.1, 0.15) is 5.75 Å². The van der Waals surface area contributed by atoms with Crippen molar-refractivity contribution in [3.63, 3.8) is 0 Å². The Morgan fingerprint density at radius 1 is 1.44 bits per heavy atom. The van der Waals surface area contributed by atoms with Crippen molar-refractivity contribution in [2.75, 3.05) is 13.7 Å². The van der Waals surface area contributed by atoms with Crippen LogP contribution in [0.5, 0.6) is 5.75 Å². The van der Waals surface area contributed by atoms with Gasteiger partial charge >= 0.3 is 5.69 Å². The van der Waals surface area contributed by atoms with Crippen molar-refractivity contribution in [3.05, 3.63) is 40.3 Å². The van der Waals surface area contributed by atoms with Gasteiger partial charge in [-0.2, -0.15) is 0 Å². The maximum atomic E-state index is 12.3. The summed E-state index contributed by atoms with van der Waals surface area (Å²) in [6.45, 7) is 2.38. The van der Waals surface area contributed by atoms with Crippen molar-refractivity contribution in [1.82, 2.24) is 20.1 Å². The van der Waals surface area contributed by atoms with Crippen LogP contribution in [0.2, 0.25) is 0 Å². The minimum Gasteiger partial charge on any atom is -0.497 e. The lowest BCUT2D eigenvalue weighted by atomic mass is 10.1. The Balaban J connectivity index is 1.48. The van der Waals surface area contributed by atoms with E-state index in [0.29, 0.717) is 11.7 Å². The van der Waals surface area contributed by atoms with E-state index in [0.717, 1.165) is 30.6 Å². The highest BCUT2D eigenvalue weighted by molar-refractivity contribution is 8.00. The molecule has 1 aromatic heterocycles. The molecule has 25 heavy (non-hydrogen) atoms. The van der Waals surface area contributed by atoms with Gasteiger partial charge in [0.2, 0.25) is 5.91 Å². The molecular weight excluding hydrogens is 340 g/mol. The number of amides is 1. The Hall–Kier alpha value is -2.22. The topological polar surface area (TPSA) is 89.0 Å². The number of hydrogen-bond acceptors (Lipinski definition) is 5. The fourth-order valence-electron chi connectivity index (χ4n) is 2.51. The molecule has 1 heterocycles. The average Bonchev–Trinajstić information content (AvgIpc) is 3.39. The molecule has 1 amide bonds. The second-order valence-electron chi connectivity index (χ2n) is 6.06. The monoisotopic (exact) mass is 362 g/mol. The van der Waals surface area contributed by atoms with E-state index >= 15 is 0 Å². The lowest BCUT2D eigenvalue weighted by molar-refractivity contribution is -0.120. The number of benzene rings is 1. The predicted octanol–water partition coefficient (Wildman–Crippen LogP) is 1.75. The Bertz CT molecular complexity index is 780. The molecule has 1 aliphatic rings. The second kappa shape index (κ2) is 7.77. The summed E-state index contributed by atoms with van der Waals surface area (Å²) in [5.41, 5.74) is 0.938. The van der Waals surface area contributed by atoms with Crippen LogP contribution in [0.3, 0.4) is 0 Å². The average molecular weight is 362 g/mol. The molecule has 2 aromatic rings. The molecule has 0 saturated heterocycles. The largest absolute Gasteiger partial charge is 0.497 e. The lowest BCUT2D eigenvalue weighted by Gasteiger charge is -2.12. The van der Waals surface area contributed by atoms with Gasteiger partial charge in [-0.15, -0.1) is 5.10 Å². The summed E-state index contributed by atoms with van der Waals surface area (Å²) >= 11 is 1.31. The molecule has 0 unspecified atom stereocenters. The van der Waals surface area contributed by atoms with Crippen molar-refractivity contribution < 1.29 is 9.53 Å². The molecule has 7 nitrogen and oxygen atoms in total. The maximum Gasteiger partial charge on any atom is 0.344 e. The zero-order valence-corrected chi connectivity index (χ0v) is 15.1. The number of rotatable bonds is 8. The number of carbonyl (C=O) groups excluding carboxylic acids is 1. The fourth-order valence-corrected chi connectivity index (χ4v) is 3.46. The minimum absolute atomic E-state index is 0.0590. The highest BCUT2D eigenvalue weighted by Crippen LogP contribution is 2.36. The third kappa shape index (κ3) is 4.45. The van der Waals surface area contributed by atoms with Crippen LogP contribution in [-0.4, -0.2) is 39.6 Å². The van der Waals surface area contributed by atoms with Crippen LogP contribution in [-0.2, 0) is 11.2 Å². The molecule has 0 radical (unpaired) electrons. The molecule has 1 fully saturated rings. The van der Waals surface area contributed by atoms with Crippen molar-refractivity contribution in [3.8, 4) is 5.75 Å². The van der Waals surface area contributed by atoms with E-state index in [1.807, 2.05) is 31.2 Å². The van der Waals surface area contributed by atoms with Crippen LogP contribution >= 0.6 is 11.8 Å². The third-order valence-corrected chi connectivity index (χ3v) is 5.17. The first-order chi connectivity index (χ1) is 12.1. The van der Waals surface area contributed by atoms with E-state index < -0.39 is 0 Å². The number of thioether (sulfide) groups is 1. The van der Waals surface area contributed by atoms with Gasteiger partial charge in [0.15, 0.2) is 5.16 Å². The minimum atomic E-state index is -0.316. The van der Waals surface area contributed by atoms with Gasteiger partial charge < -0.3 is 10.1 Å². The normalized spacial score (nSPS) is 15.0. The summed E-state index contributed by atoms with van der Waals surface area (Å²) < 4.78 is 6.79.